The molecule has 3 aromatic rings. The van der Waals surface area contributed by atoms with E-state index in [1.165, 1.54) is 22.2 Å². The van der Waals surface area contributed by atoms with Crippen LogP contribution in [0.25, 0.3) is 0 Å². The molecule has 31 heavy (non-hydrogen) atoms. The van der Waals surface area contributed by atoms with Gasteiger partial charge >= 0.3 is 0 Å². The molecule has 1 heterocycles. The Morgan fingerprint density at radius 3 is 2.29 bits per heavy atom. The Morgan fingerprint density at radius 2 is 1.68 bits per heavy atom. The van der Waals surface area contributed by atoms with Crippen LogP contribution in [0.1, 0.15) is 42.8 Å². The first-order valence-corrected chi connectivity index (χ1v) is 12.4. The normalized spacial score (nSPS) is 12.0. The van der Waals surface area contributed by atoms with Crippen molar-refractivity contribution in [2.45, 2.75) is 68.6 Å². The molecule has 0 bridgehead atoms. The molecule has 1 aromatic heterocycles. The zero-order chi connectivity index (χ0) is 22.4. The summed E-state index contributed by atoms with van der Waals surface area (Å²) in [5.74, 6) is 1.68. The average Bonchev–Trinajstić information content (AvgIpc) is 3.12. The van der Waals surface area contributed by atoms with Gasteiger partial charge in [-0.3, -0.25) is 4.79 Å². The van der Waals surface area contributed by atoms with Crippen molar-refractivity contribution in [1.82, 2.24) is 14.8 Å². The van der Waals surface area contributed by atoms with E-state index in [0.29, 0.717) is 6.42 Å². The first-order chi connectivity index (χ1) is 14.9. The van der Waals surface area contributed by atoms with Crippen LogP contribution in [0.3, 0.4) is 0 Å². The van der Waals surface area contributed by atoms with Gasteiger partial charge in [-0.2, -0.15) is 0 Å². The molecule has 1 atom stereocenters. The molecule has 2 aromatic carbocycles. The second-order valence-corrected chi connectivity index (χ2v) is 9.84. The topological polar surface area (TPSA) is 59.8 Å². The maximum absolute atomic E-state index is 12.9. The van der Waals surface area contributed by atoms with Gasteiger partial charge in [-0.15, -0.1) is 22.0 Å². The Balaban J connectivity index is 1.68. The number of hydrogen-bond donors (Lipinski definition) is 1. The summed E-state index contributed by atoms with van der Waals surface area (Å²) in [5.41, 5.74) is 4.37. The van der Waals surface area contributed by atoms with Crippen molar-refractivity contribution >= 4 is 35.1 Å². The highest BCUT2D eigenvalue weighted by Crippen LogP contribution is 2.28. The fourth-order valence-electron chi connectivity index (χ4n) is 3.33. The summed E-state index contributed by atoms with van der Waals surface area (Å²) >= 11 is 3.24. The second-order valence-electron chi connectivity index (χ2n) is 7.63. The van der Waals surface area contributed by atoms with Crippen molar-refractivity contribution in [2.75, 3.05) is 5.32 Å². The number of carbonyl (C=O) groups excluding carboxylic acids is 1. The average molecular weight is 455 g/mol. The van der Waals surface area contributed by atoms with E-state index < -0.39 is 0 Å². The number of aromatic nitrogens is 3. The number of nitrogens with zero attached hydrogens (tertiary/aromatic N) is 3. The highest BCUT2D eigenvalue weighted by atomic mass is 32.2. The number of anilines is 1. The highest BCUT2D eigenvalue weighted by molar-refractivity contribution is 8.00. The molecule has 0 aliphatic heterocycles. The van der Waals surface area contributed by atoms with Crippen molar-refractivity contribution < 1.29 is 4.79 Å². The summed E-state index contributed by atoms with van der Waals surface area (Å²) in [4.78, 5) is 14.1. The monoisotopic (exact) mass is 454 g/mol. The van der Waals surface area contributed by atoms with Crippen molar-refractivity contribution in [3.63, 3.8) is 0 Å². The van der Waals surface area contributed by atoms with Crippen LogP contribution in [0.5, 0.6) is 0 Å². The maximum atomic E-state index is 12.9. The molecule has 164 valence electrons. The van der Waals surface area contributed by atoms with Gasteiger partial charge in [-0.05, 0) is 69.5 Å². The minimum Gasteiger partial charge on any atom is -0.325 e. The van der Waals surface area contributed by atoms with E-state index in [1.54, 1.807) is 11.8 Å². The Hall–Kier alpha value is -2.25. The van der Waals surface area contributed by atoms with Gasteiger partial charge in [0.05, 0.1) is 11.0 Å². The number of rotatable bonds is 9. The molecular weight excluding hydrogens is 424 g/mol. The van der Waals surface area contributed by atoms with Gasteiger partial charge in [0.15, 0.2) is 5.16 Å². The molecule has 1 unspecified atom stereocenters. The van der Waals surface area contributed by atoms with Crippen LogP contribution in [-0.2, 0) is 17.1 Å². The van der Waals surface area contributed by atoms with Crippen molar-refractivity contribution in [3.05, 3.63) is 65.0 Å². The minimum atomic E-state index is -0.229. The van der Waals surface area contributed by atoms with E-state index in [2.05, 4.69) is 64.3 Å². The summed E-state index contributed by atoms with van der Waals surface area (Å²) in [5, 5.41) is 12.5. The highest BCUT2D eigenvalue weighted by Gasteiger charge is 2.22. The molecule has 3 rings (SSSR count). The number of hydrogen-bond acceptors (Lipinski definition) is 5. The van der Waals surface area contributed by atoms with E-state index in [1.807, 2.05) is 32.9 Å². The molecule has 0 radical (unpaired) electrons. The maximum Gasteiger partial charge on any atom is 0.237 e. The molecular formula is C24H30N4OS2. The predicted octanol–water partition coefficient (Wildman–Crippen LogP) is 6.02. The van der Waals surface area contributed by atoms with Crippen LogP contribution >= 0.6 is 23.5 Å². The first-order valence-electron chi connectivity index (χ1n) is 10.6. The number of amides is 1. The van der Waals surface area contributed by atoms with E-state index in [-0.39, 0.29) is 11.2 Å². The summed E-state index contributed by atoms with van der Waals surface area (Å²) in [6.07, 6.45) is 0.714. The number of benzene rings is 2. The zero-order valence-electron chi connectivity index (χ0n) is 18.8. The third-order valence-electron chi connectivity index (χ3n) is 4.90. The summed E-state index contributed by atoms with van der Waals surface area (Å²) in [6.45, 7) is 11.0. The van der Waals surface area contributed by atoms with Gasteiger partial charge in [0, 0.05) is 17.1 Å². The molecule has 1 N–H and O–H groups in total. The summed E-state index contributed by atoms with van der Waals surface area (Å²) in [6, 6.07) is 14.6. The summed E-state index contributed by atoms with van der Waals surface area (Å²) in [7, 11) is 0. The van der Waals surface area contributed by atoms with Crippen LogP contribution < -0.4 is 5.32 Å². The van der Waals surface area contributed by atoms with Crippen molar-refractivity contribution in [3.8, 4) is 0 Å². The van der Waals surface area contributed by atoms with E-state index >= 15 is 0 Å². The lowest BCUT2D eigenvalue weighted by Gasteiger charge is -2.15. The van der Waals surface area contributed by atoms with Crippen molar-refractivity contribution in [1.29, 1.82) is 0 Å². The molecule has 7 heteroatoms. The smallest absolute Gasteiger partial charge is 0.237 e. The second kappa shape index (κ2) is 10.9. The van der Waals surface area contributed by atoms with Crippen molar-refractivity contribution in [2.24, 2.45) is 0 Å². The Bertz CT molecular complexity index is 1010. The fourth-order valence-corrected chi connectivity index (χ4v) is 5.21. The van der Waals surface area contributed by atoms with Gasteiger partial charge in [0.2, 0.25) is 5.91 Å². The lowest BCUT2D eigenvalue weighted by atomic mass is 10.1. The lowest BCUT2D eigenvalue weighted by Crippen LogP contribution is -2.25. The van der Waals surface area contributed by atoms with Crippen LogP contribution in [0.15, 0.2) is 52.5 Å². The van der Waals surface area contributed by atoms with Gasteiger partial charge in [-0.25, -0.2) is 0 Å². The van der Waals surface area contributed by atoms with Crippen LogP contribution in [0.4, 0.5) is 5.69 Å². The predicted molar refractivity (Wildman–Crippen MR) is 131 cm³/mol. The minimum absolute atomic E-state index is 0.00117. The van der Waals surface area contributed by atoms with E-state index in [4.69, 9.17) is 0 Å². The molecule has 0 aliphatic carbocycles. The fraction of sp³-hybridized carbons (Fsp3) is 0.375. The molecule has 1 amide bonds. The van der Waals surface area contributed by atoms with Crippen LogP contribution in [-0.4, -0.2) is 25.9 Å². The third-order valence-corrected chi connectivity index (χ3v) is 7.25. The summed E-state index contributed by atoms with van der Waals surface area (Å²) < 4.78 is 2.11. The van der Waals surface area contributed by atoms with E-state index in [0.717, 1.165) is 40.1 Å². The molecule has 0 aliphatic rings. The first kappa shape index (κ1) is 23.4. The molecule has 0 fully saturated rings. The third kappa shape index (κ3) is 6.37. The number of aryl methyl sites for hydroxylation is 3. The van der Waals surface area contributed by atoms with Gasteiger partial charge < -0.3 is 9.88 Å². The lowest BCUT2D eigenvalue weighted by molar-refractivity contribution is -0.115. The zero-order valence-corrected chi connectivity index (χ0v) is 20.4. The molecule has 0 spiro atoms. The van der Waals surface area contributed by atoms with Gasteiger partial charge in [0.25, 0.3) is 0 Å². The Morgan fingerprint density at radius 1 is 1.00 bits per heavy atom. The quantitative estimate of drug-likeness (QED) is 0.400. The van der Waals surface area contributed by atoms with Gasteiger partial charge in [0.1, 0.15) is 5.82 Å². The van der Waals surface area contributed by atoms with E-state index in [9.17, 15) is 4.79 Å². The standard InChI is InChI=1S/C24H30N4OS2/c1-6-21(23(29)25-19-13-17(4)12-18(5)14-19)31-24-27-26-22(28(24)7-2)15-30-20-10-8-16(3)9-11-20/h8-14,21H,6-7,15H2,1-5H3,(H,25,29). The Kier molecular flexibility index (Phi) is 8.21. The number of carbonyl (C=O) groups is 1. The van der Waals surface area contributed by atoms with Crippen LogP contribution in [0.2, 0.25) is 0 Å². The number of nitrogens with one attached hydrogen (secondary N) is 1. The van der Waals surface area contributed by atoms with Gasteiger partial charge in [-0.1, -0.05) is 42.4 Å². The SMILES string of the molecule is CCC(Sc1nnc(CSc2ccc(C)cc2)n1CC)C(=O)Nc1cc(C)cc(C)c1. The number of thioether (sulfide) groups is 2. The molecule has 0 saturated carbocycles. The Labute approximate surface area is 193 Å². The largest absolute Gasteiger partial charge is 0.325 e. The molecule has 5 nitrogen and oxygen atoms in total. The molecule has 0 saturated heterocycles. The van der Waals surface area contributed by atoms with Crippen LogP contribution in [0, 0.1) is 20.8 Å².